The molecule has 4 rings (SSSR count). The first kappa shape index (κ1) is 22.0. The van der Waals surface area contributed by atoms with Gasteiger partial charge in [0.05, 0.1) is 22.3 Å². The van der Waals surface area contributed by atoms with E-state index in [-0.39, 0.29) is 22.9 Å². The molecule has 0 amide bonds. The highest BCUT2D eigenvalue weighted by atomic mass is 32.2. The summed E-state index contributed by atoms with van der Waals surface area (Å²) in [5.74, 6) is -0.0321. The number of thioether (sulfide) groups is 1. The van der Waals surface area contributed by atoms with Crippen LogP contribution in [0.3, 0.4) is 0 Å². The Kier molecular flexibility index (Phi) is 6.51. The van der Waals surface area contributed by atoms with E-state index in [9.17, 15) is 14.0 Å². The number of benzene rings is 3. The molecule has 3 aromatic carbocycles. The highest BCUT2D eigenvalue weighted by molar-refractivity contribution is 7.99. The van der Waals surface area contributed by atoms with Crippen molar-refractivity contribution < 1.29 is 9.18 Å². The topological polar surface area (TPSA) is 52.0 Å². The summed E-state index contributed by atoms with van der Waals surface area (Å²) < 4.78 is 14.7. The summed E-state index contributed by atoms with van der Waals surface area (Å²) in [6, 6.07) is 20.6. The van der Waals surface area contributed by atoms with Crippen molar-refractivity contribution in [1.29, 1.82) is 0 Å². The molecule has 1 heterocycles. The molecule has 1 atom stereocenters. The Morgan fingerprint density at radius 3 is 2.41 bits per heavy atom. The lowest BCUT2D eigenvalue weighted by atomic mass is 9.98. The third kappa shape index (κ3) is 4.50. The average molecular weight is 447 g/mol. The van der Waals surface area contributed by atoms with Gasteiger partial charge >= 0.3 is 0 Å². The Balaban J connectivity index is 1.73. The third-order valence-electron chi connectivity index (χ3n) is 5.58. The van der Waals surface area contributed by atoms with E-state index in [1.165, 1.54) is 41.6 Å². The van der Waals surface area contributed by atoms with Gasteiger partial charge in [-0.25, -0.2) is 9.37 Å². The second-order valence-electron chi connectivity index (χ2n) is 7.67. The maximum Gasteiger partial charge on any atom is 0.266 e. The standard InChI is InChI=1S/C26H23FN2O2S/c1-3-17(2)18-10-14-21(15-11-18)29-25(31)22-6-4-5-7-23(22)28-26(29)32-16-24(30)19-8-12-20(27)13-9-19/h4-15,17H,3,16H2,1-2H3. The number of ketones is 1. The van der Waals surface area contributed by atoms with Gasteiger partial charge in [-0.15, -0.1) is 0 Å². The highest BCUT2D eigenvalue weighted by Gasteiger charge is 2.16. The van der Waals surface area contributed by atoms with Crippen molar-refractivity contribution in [1.82, 2.24) is 9.55 Å². The van der Waals surface area contributed by atoms with Gasteiger partial charge in [-0.3, -0.25) is 14.2 Å². The summed E-state index contributed by atoms with van der Waals surface area (Å²) in [4.78, 5) is 30.7. The van der Waals surface area contributed by atoms with E-state index in [1.807, 2.05) is 36.4 Å². The predicted octanol–water partition coefficient (Wildman–Crippen LogP) is 6.01. The molecule has 1 unspecified atom stereocenters. The number of carbonyl (C=O) groups is 1. The van der Waals surface area contributed by atoms with Crippen LogP contribution in [0, 0.1) is 5.82 Å². The van der Waals surface area contributed by atoms with E-state index in [2.05, 4.69) is 18.8 Å². The number of hydrogen-bond acceptors (Lipinski definition) is 4. The van der Waals surface area contributed by atoms with Gasteiger partial charge in [-0.05, 0) is 66.4 Å². The Morgan fingerprint density at radius 1 is 1.03 bits per heavy atom. The molecule has 0 aliphatic carbocycles. The van der Waals surface area contributed by atoms with Crippen LogP contribution in [-0.2, 0) is 0 Å². The SMILES string of the molecule is CCC(C)c1ccc(-n2c(SCC(=O)c3ccc(F)cc3)nc3ccccc3c2=O)cc1. The molecule has 4 nitrogen and oxygen atoms in total. The van der Waals surface area contributed by atoms with Crippen molar-refractivity contribution in [2.45, 2.75) is 31.3 Å². The van der Waals surface area contributed by atoms with Crippen molar-refractivity contribution in [3.63, 3.8) is 0 Å². The number of rotatable bonds is 7. The Bertz CT molecular complexity index is 1310. The van der Waals surface area contributed by atoms with E-state index in [4.69, 9.17) is 0 Å². The lowest BCUT2D eigenvalue weighted by Crippen LogP contribution is -2.22. The van der Waals surface area contributed by atoms with Crippen LogP contribution in [0.2, 0.25) is 0 Å². The number of fused-ring (bicyclic) bond motifs is 1. The van der Waals surface area contributed by atoms with Crippen LogP contribution in [0.5, 0.6) is 0 Å². The Labute approximate surface area is 190 Å². The number of hydrogen-bond donors (Lipinski definition) is 0. The normalized spacial score (nSPS) is 12.1. The molecule has 4 aromatic rings. The van der Waals surface area contributed by atoms with Crippen LogP contribution in [0.1, 0.15) is 42.1 Å². The molecule has 0 aliphatic heterocycles. The highest BCUT2D eigenvalue weighted by Crippen LogP contribution is 2.24. The second kappa shape index (κ2) is 9.49. The zero-order chi connectivity index (χ0) is 22.7. The lowest BCUT2D eigenvalue weighted by molar-refractivity contribution is 0.102. The number of Topliss-reactive ketones (excluding diaryl/α,β-unsaturated/α-hetero) is 1. The van der Waals surface area contributed by atoms with Crippen LogP contribution < -0.4 is 5.56 Å². The van der Waals surface area contributed by atoms with Gasteiger partial charge < -0.3 is 0 Å². The van der Waals surface area contributed by atoms with Crippen LogP contribution in [0.25, 0.3) is 16.6 Å². The minimum atomic E-state index is -0.389. The quantitative estimate of drug-likeness (QED) is 0.198. The van der Waals surface area contributed by atoms with E-state index in [0.29, 0.717) is 33.2 Å². The molecular weight excluding hydrogens is 423 g/mol. The van der Waals surface area contributed by atoms with Gasteiger partial charge in [0.1, 0.15) is 5.82 Å². The van der Waals surface area contributed by atoms with Crippen molar-refractivity contribution in [3.05, 3.63) is 100 Å². The molecular formula is C26H23FN2O2S. The molecule has 0 N–H and O–H groups in total. The first-order chi connectivity index (χ1) is 15.5. The monoisotopic (exact) mass is 446 g/mol. The molecule has 6 heteroatoms. The number of nitrogens with zero attached hydrogens (tertiary/aromatic N) is 2. The number of aromatic nitrogens is 2. The van der Waals surface area contributed by atoms with E-state index < -0.39 is 0 Å². The van der Waals surface area contributed by atoms with Gasteiger partial charge in [-0.1, -0.05) is 49.9 Å². The summed E-state index contributed by atoms with van der Waals surface area (Å²) in [6.07, 6.45) is 1.03. The molecule has 0 aliphatic rings. The largest absolute Gasteiger partial charge is 0.293 e. The van der Waals surface area contributed by atoms with Gasteiger partial charge in [0.15, 0.2) is 10.9 Å². The first-order valence-electron chi connectivity index (χ1n) is 10.5. The number of carbonyl (C=O) groups excluding carboxylic acids is 1. The Hall–Kier alpha value is -3.25. The van der Waals surface area contributed by atoms with Crippen LogP contribution in [-0.4, -0.2) is 21.1 Å². The second-order valence-corrected chi connectivity index (χ2v) is 8.61. The predicted molar refractivity (Wildman–Crippen MR) is 128 cm³/mol. The molecule has 0 radical (unpaired) electrons. The van der Waals surface area contributed by atoms with Crippen LogP contribution >= 0.6 is 11.8 Å². The summed E-state index contributed by atoms with van der Waals surface area (Å²) in [7, 11) is 0. The lowest BCUT2D eigenvalue weighted by Gasteiger charge is -2.15. The number of para-hydroxylation sites is 1. The van der Waals surface area contributed by atoms with Crippen molar-refractivity contribution in [2.75, 3.05) is 5.75 Å². The molecule has 1 aromatic heterocycles. The fourth-order valence-corrected chi connectivity index (χ4v) is 4.38. The summed E-state index contributed by atoms with van der Waals surface area (Å²) in [5.41, 5.74) is 2.74. The fourth-order valence-electron chi connectivity index (χ4n) is 3.47. The molecule has 0 spiro atoms. The summed E-state index contributed by atoms with van der Waals surface area (Å²) in [5, 5.41) is 0.966. The molecule has 0 saturated heterocycles. The zero-order valence-corrected chi connectivity index (χ0v) is 18.7. The maximum absolute atomic E-state index is 13.4. The molecule has 0 saturated carbocycles. The van der Waals surface area contributed by atoms with E-state index in [0.717, 1.165) is 6.42 Å². The van der Waals surface area contributed by atoms with Gasteiger partial charge in [0.2, 0.25) is 0 Å². The smallest absolute Gasteiger partial charge is 0.266 e. The third-order valence-corrected chi connectivity index (χ3v) is 6.51. The maximum atomic E-state index is 13.4. The number of halogens is 1. The summed E-state index contributed by atoms with van der Waals surface area (Å²) in [6.45, 7) is 4.31. The Morgan fingerprint density at radius 2 is 1.72 bits per heavy atom. The summed E-state index contributed by atoms with van der Waals surface area (Å²) >= 11 is 1.20. The van der Waals surface area contributed by atoms with Gasteiger partial charge in [0.25, 0.3) is 5.56 Å². The first-order valence-corrected chi connectivity index (χ1v) is 11.5. The minimum absolute atomic E-state index is 0.0847. The zero-order valence-electron chi connectivity index (χ0n) is 17.9. The van der Waals surface area contributed by atoms with Crippen molar-refractivity contribution in [2.24, 2.45) is 0 Å². The molecule has 162 valence electrons. The van der Waals surface area contributed by atoms with Crippen molar-refractivity contribution >= 4 is 28.4 Å². The average Bonchev–Trinajstić information content (AvgIpc) is 2.83. The van der Waals surface area contributed by atoms with Crippen molar-refractivity contribution in [3.8, 4) is 5.69 Å². The molecule has 0 fully saturated rings. The van der Waals surface area contributed by atoms with Gasteiger partial charge in [0, 0.05) is 5.56 Å². The van der Waals surface area contributed by atoms with Crippen LogP contribution in [0.15, 0.2) is 82.7 Å². The molecule has 32 heavy (non-hydrogen) atoms. The van der Waals surface area contributed by atoms with E-state index in [1.54, 1.807) is 16.7 Å². The van der Waals surface area contributed by atoms with E-state index >= 15 is 0 Å². The minimum Gasteiger partial charge on any atom is -0.293 e. The fraction of sp³-hybridized carbons (Fsp3) is 0.192. The van der Waals surface area contributed by atoms with Gasteiger partial charge in [-0.2, -0.15) is 0 Å². The molecule has 0 bridgehead atoms. The van der Waals surface area contributed by atoms with Crippen LogP contribution in [0.4, 0.5) is 4.39 Å².